The molecule has 132 valence electrons. The van der Waals surface area contributed by atoms with E-state index < -0.39 is 0 Å². The number of pyridine rings is 1. The summed E-state index contributed by atoms with van der Waals surface area (Å²) in [5, 5.41) is 6.51. The van der Waals surface area contributed by atoms with Crippen LogP contribution < -0.4 is 10.6 Å². The fourth-order valence-electron chi connectivity index (χ4n) is 2.67. The SMILES string of the molecule is CC(C)CNC(=O)c1ccccc1NC(=O)c1ccnc2ccccc12. The van der Waals surface area contributed by atoms with Crippen molar-refractivity contribution in [2.45, 2.75) is 13.8 Å². The van der Waals surface area contributed by atoms with E-state index in [1.54, 1.807) is 36.5 Å². The van der Waals surface area contributed by atoms with Crippen molar-refractivity contribution in [1.29, 1.82) is 0 Å². The average Bonchev–Trinajstić information content (AvgIpc) is 2.66. The Hall–Kier alpha value is -3.21. The molecular weight excluding hydrogens is 326 g/mol. The zero-order chi connectivity index (χ0) is 18.5. The molecule has 0 aliphatic carbocycles. The van der Waals surface area contributed by atoms with Gasteiger partial charge >= 0.3 is 0 Å². The van der Waals surface area contributed by atoms with Crippen molar-refractivity contribution in [3.05, 3.63) is 71.9 Å². The first-order valence-corrected chi connectivity index (χ1v) is 8.58. The molecule has 0 fully saturated rings. The first-order chi connectivity index (χ1) is 12.6. The van der Waals surface area contributed by atoms with Crippen LogP contribution in [0.4, 0.5) is 5.69 Å². The standard InChI is InChI=1S/C21H21N3O2/c1-14(2)13-23-20(25)17-8-4-6-10-19(17)24-21(26)16-11-12-22-18-9-5-3-7-15(16)18/h3-12,14H,13H2,1-2H3,(H,23,25)(H,24,26). The van der Waals surface area contributed by atoms with Crippen LogP contribution in [0.2, 0.25) is 0 Å². The summed E-state index contributed by atoms with van der Waals surface area (Å²) >= 11 is 0. The first-order valence-electron chi connectivity index (χ1n) is 8.58. The Morgan fingerprint density at radius 2 is 1.65 bits per heavy atom. The Kier molecular flexibility index (Phi) is 5.27. The number of benzene rings is 2. The second kappa shape index (κ2) is 7.78. The molecule has 2 amide bonds. The zero-order valence-corrected chi connectivity index (χ0v) is 14.8. The van der Waals surface area contributed by atoms with Crippen molar-refractivity contribution in [3.63, 3.8) is 0 Å². The molecule has 0 saturated heterocycles. The van der Waals surface area contributed by atoms with Crippen molar-refractivity contribution in [3.8, 4) is 0 Å². The van der Waals surface area contributed by atoms with Crippen LogP contribution in [-0.2, 0) is 0 Å². The summed E-state index contributed by atoms with van der Waals surface area (Å²) in [4.78, 5) is 29.5. The molecule has 0 unspecified atom stereocenters. The van der Waals surface area contributed by atoms with Crippen LogP contribution in [-0.4, -0.2) is 23.3 Å². The molecule has 3 rings (SSSR count). The highest BCUT2D eigenvalue weighted by molar-refractivity contribution is 6.14. The van der Waals surface area contributed by atoms with Crippen LogP contribution in [0.25, 0.3) is 10.9 Å². The molecule has 0 aliphatic rings. The summed E-state index contributed by atoms with van der Waals surface area (Å²) < 4.78 is 0. The highest BCUT2D eigenvalue weighted by atomic mass is 16.2. The summed E-state index contributed by atoms with van der Waals surface area (Å²) in [5.41, 5.74) is 2.20. The van der Waals surface area contributed by atoms with E-state index >= 15 is 0 Å². The van der Waals surface area contributed by atoms with Crippen LogP contribution in [0, 0.1) is 5.92 Å². The molecular formula is C21H21N3O2. The molecule has 2 aromatic carbocycles. The van der Waals surface area contributed by atoms with Gasteiger partial charge in [0, 0.05) is 18.1 Å². The summed E-state index contributed by atoms with van der Waals surface area (Å²) in [6, 6.07) is 16.2. The lowest BCUT2D eigenvalue weighted by Crippen LogP contribution is -2.28. The molecule has 5 heteroatoms. The minimum atomic E-state index is -0.271. The number of aromatic nitrogens is 1. The molecule has 0 atom stereocenters. The van der Waals surface area contributed by atoms with E-state index in [9.17, 15) is 9.59 Å². The van der Waals surface area contributed by atoms with Crippen molar-refractivity contribution < 1.29 is 9.59 Å². The molecule has 0 saturated carbocycles. The van der Waals surface area contributed by atoms with Crippen LogP contribution >= 0.6 is 0 Å². The van der Waals surface area contributed by atoms with E-state index in [1.165, 1.54) is 0 Å². The minimum absolute atomic E-state index is 0.200. The molecule has 3 aromatic rings. The number of para-hydroxylation sites is 2. The van der Waals surface area contributed by atoms with Crippen molar-refractivity contribution in [2.75, 3.05) is 11.9 Å². The molecule has 5 nitrogen and oxygen atoms in total. The number of hydrogen-bond acceptors (Lipinski definition) is 3. The van der Waals surface area contributed by atoms with Gasteiger partial charge in [0.05, 0.1) is 22.3 Å². The van der Waals surface area contributed by atoms with Gasteiger partial charge in [-0.15, -0.1) is 0 Å². The summed E-state index contributed by atoms with van der Waals surface area (Å²) in [5.74, 6) is -0.120. The van der Waals surface area contributed by atoms with Gasteiger partial charge in [-0.3, -0.25) is 14.6 Å². The lowest BCUT2D eigenvalue weighted by Gasteiger charge is -2.13. The van der Waals surface area contributed by atoms with Gasteiger partial charge in [0.15, 0.2) is 0 Å². The number of carbonyl (C=O) groups excluding carboxylic acids is 2. The zero-order valence-electron chi connectivity index (χ0n) is 14.8. The van der Waals surface area contributed by atoms with Gasteiger partial charge < -0.3 is 10.6 Å². The van der Waals surface area contributed by atoms with Gasteiger partial charge in [-0.1, -0.05) is 44.2 Å². The van der Waals surface area contributed by atoms with E-state index in [4.69, 9.17) is 0 Å². The number of hydrogen-bond donors (Lipinski definition) is 2. The second-order valence-corrected chi connectivity index (χ2v) is 6.48. The van der Waals surface area contributed by atoms with E-state index in [0.29, 0.717) is 29.3 Å². The maximum Gasteiger partial charge on any atom is 0.256 e. The summed E-state index contributed by atoms with van der Waals surface area (Å²) in [7, 11) is 0. The third-order valence-electron chi connectivity index (χ3n) is 3.98. The number of nitrogens with one attached hydrogen (secondary N) is 2. The van der Waals surface area contributed by atoms with Crippen LogP contribution in [0.1, 0.15) is 34.6 Å². The van der Waals surface area contributed by atoms with Gasteiger partial charge in [0.2, 0.25) is 0 Å². The highest BCUT2D eigenvalue weighted by Gasteiger charge is 2.15. The monoisotopic (exact) mass is 347 g/mol. The van der Waals surface area contributed by atoms with E-state index in [-0.39, 0.29) is 11.8 Å². The molecule has 1 heterocycles. The van der Waals surface area contributed by atoms with E-state index in [1.807, 2.05) is 38.1 Å². The van der Waals surface area contributed by atoms with Crippen molar-refractivity contribution in [1.82, 2.24) is 10.3 Å². The number of nitrogens with zero attached hydrogens (tertiary/aromatic N) is 1. The maximum atomic E-state index is 12.8. The maximum absolute atomic E-state index is 12.8. The smallest absolute Gasteiger partial charge is 0.256 e. The van der Waals surface area contributed by atoms with E-state index in [0.717, 1.165) is 10.9 Å². The van der Waals surface area contributed by atoms with Gasteiger partial charge in [0.1, 0.15) is 0 Å². The van der Waals surface area contributed by atoms with Crippen LogP contribution in [0.15, 0.2) is 60.8 Å². The highest BCUT2D eigenvalue weighted by Crippen LogP contribution is 2.20. The Morgan fingerprint density at radius 3 is 2.46 bits per heavy atom. The third kappa shape index (κ3) is 3.88. The lowest BCUT2D eigenvalue weighted by molar-refractivity contribution is 0.0950. The predicted molar refractivity (Wildman–Crippen MR) is 103 cm³/mol. The normalized spacial score (nSPS) is 10.7. The molecule has 0 aliphatic heterocycles. The molecule has 1 aromatic heterocycles. The molecule has 2 N–H and O–H groups in total. The number of fused-ring (bicyclic) bond motifs is 1. The average molecular weight is 347 g/mol. The molecule has 0 radical (unpaired) electrons. The number of carbonyl (C=O) groups is 2. The van der Waals surface area contributed by atoms with Crippen molar-refractivity contribution >= 4 is 28.4 Å². The summed E-state index contributed by atoms with van der Waals surface area (Å²) in [6.45, 7) is 4.64. The van der Waals surface area contributed by atoms with Gasteiger partial charge in [-0.2, -0.15) is 0 Å². The molecule has 0 spiro atoms. The number of anilines is 1. The largest absolute Gasteiger partial charge is 0.352 e. The lowest BCUT2D eigenvalue weighted by atomic mass is 10.1. The Labute approximate surface area is 152 Å². The number of rotatable bonds is 5. The van der Waals surface area contributed by atoms with E-state index in [2.05, 4.69) is 15.6 Å². The number of amides is 2. The third-order valence-corrected chi connectivity index (χ3v) is 3.98. The minimum Gasteiger partial charge on any atom is -0.352 e. The van der Waals surface area contributed by atoms with Gasteiger partial charge in [0.25, 0.3) is 11.8 Å². The predicted octanol–water partition coefficient (Wildman–Crippen LogP) is 3.87. The fourth-order valence-corrected chi connectivity index (χ4v) is 2.67. The van der Waals surface area contributed by atoms with Gasteiger partial charge in [-0.25, -0.2) is 0 Å². The topological polar surface area (TPSA) is 71.1 Å². The first kappa shape index (κ1) is 17.6. The Bertz CT molecular complexity index is 945. The Balaban J connectivity index is 1.87. The molecule has 26 heavy (non-hydrogen) atoms. The van der Waals surface area contributed by atoms with Gasteiger partial charge in [-0.05, 0) is 30.2 Å². The fraction of sp³-hybridized carbons (Fsp3) is 0.190. The summed E-state index contributed by atoms with van der Waals surface area (Å²) in [6.07, 6.45) is 1.61. The van der Waals surface area contributed by atoms with Crippen LogP contribution in [0.3, 0.4) is 0 Å². The Morgan fingerprint density at radius 1 is 0.923 bits per heavy atom. The van der Waals surface area contributed by atoms with Crippen LogP contribution in [0.5, 0.6) is 0 Å². The molecule has 0 bridgehead atoms. The second-order valence-electron chi connectivity index (χ2n) is 6.48. The quantitative estimate of drug-likeness (QED) is 0.736. The van der Waals surface area contributed by atoms with Crippen molar-refractivity contribution in [2.24, 2.45) is 5.92 Å².